The molecule has 0 atom stereocenters. The summed E-state index contributed by atoms with van der Waals surface area (Å²) in [7, 11) is 0. The Bertz CT molecular complexity index is 1250. The van der Waals surface area contributed by atoms with Crippen molar-refractivity contribution < 1.29 is 26.7 Å². The predicted molar refractivity (Wildman–Crippen MR) is 118 cm³/mol. The van der Waals surface area contributed by atoms with E-state index >= 15 is 0 Å². The molecule has 3 aromatic rings. The third-order valence-corrected chi connectivity index (χ3v) is 6.00. The average Bonchev–Trinajstić information content (AvgIpc) is 2.80. The molecule has 3 aromatic carbocycles. The number of hydrogen-bond donors (Lipinski definition) is 0. The van der Waals surface area contributed by atoms with Gasteiger partial charge in [-0.1, -0.05) is 36.1 Å². The van der Waals surface area contributed by atoms with Crippen LogP contribution in [0.3, 0.4) is 0 Å². The minimum Gasteiger partial charge on any atom is -0.429 e. The van der Waals surface area contributed by atoms with Crippen LogP contribution in [0.4, 0.5) is 22.0 Å². The monoisotopic (exact) mass is 456 g/mol. The molecule has 1 nitrogen and oxygen atoms in total. The van der Waals surface area contributed by atoms with E-state index in [0.29, 0.717) is 17.0 Å². The first-order valence-electron chi connectivity index (χ1n) is 10.7. The lowest BCUT2D eigenvalue weighted by Gasteiger charge is -2.22. The van der Waals surface area contributed by atoms with Gasteiger partial charge in [-0.15, -0.1) is 6.58 Å². The van der Waals surface area contributed by atoms with Crippen molar-refractivity contribution in [3.8, 4) is 28.7 Å². The Labute approximate surface area is 188 Å². The second kappa shape index (κ2) is 9.66. The molecule has 0 saturated heterocycles. The highest BCUT2D eigenvalue weighted by Crippen LogP contribution is 2.34. The first-order chi connectivity index (χ1) is 15.9. The van der Waals surface area contributed by atoms with Crippen molar-refractivity contribution in [2.45, 2.75) is 32.3 Å². The molecule has 4 rings (SSSR count). The van der Waals surface area contributed by atoms with E-state index in [0.717, 1.165) is 31.7 Å². The van der Waals surface area contributed by atoms with Gasteiger partial charge < -0.3 is 4.74 Å². The first kappa shape index (κ1) is 22.8. The smallest absolute Gasteiger partial charge is 0.387 e. The largest absolute Gasteiger partial charge is 0.429 e. The van der Waals surface area contributed by atoms with Crippen LogP contribution in [0, 0.1) is 41.1 Å². The molecule has 1 aliphatic rings. The molecular weight excluding hydrogens is 435 g/mol. The summed E-state index contributed by atoms with van der Waals surface area (Å²) in [5.74, 6) is 2.95. The van der Waals surface area contributed by atoms with Crippen molar-refractivity contribution in [3.05, 3.63) is 78.1 Å². The summed E-state index contributed by atoms with van der Waals surface area (Å²) in [4.78, 5) is 0. The van der Waals surface area contributed by atoms with Crippen LogP contribution >= 0.6 is 0 Å². The summed E-state index contributed by atoms with van der Waals surface area (Å²) in [6, 6.07) is 9.61. The molecule has 1 saturated carbocycles. The van der Waals surface area contributed by atoms with Crippen LogP contribution in [0.5, 0.6) is 5.75 Å². The Balaban J connectivity index is 1.59. The SMILES string of the molecule is C=CC1CCC(C#Cc2ccc(-c3ccc4c(F)c(OC(F)F)c(F)cc4c3)c(F)c2)CC1. The molecule has 0 unspecified atom stereocenters. The van der Waals surface area contributed by atoms with Crippen molar-refractivity contribution >= 4 is 10.8 Å². The highest BCUT2D eigenvalue weighted by atomic mass is 19.3. The molecule has 170 valence electrons. The van der Waals surface area contributed by atoms with Gasteiger partial charge in [0.2, 0.25) is 0 Å². The lowest BCUT2D eigenvalue weighted by molar-refractivity contribution is -0.0544. The van der Waals surface area contributed by atoms with E-state index < -0.39 is 29.8 Å². The lowest BCUT2D eigenvalue weighted by atomic mass is 9.82. The molecule has 6 heteroatoms. The van der Waals surface area contributed by atoms with Gasteiger partial charge in [0.05, 0.1) is 0 Å². The van der Waals surface area contributed by atoms with Crippen molar-refractivity contribution in [3.63, 3.8) is 0 Å². The molecule has 0 N–H and O–H groups in total. The summed E-state index contributed by atoms with van der Waals surface area (Å²) in [5, 5.41) is -0.00705. The Hall–Kier alpha value is -3.33. The summed E-state index contributed by atoms with van der Waals surface area (Å²) >= 11 is 0. The minimum atomic E-state index is -3.36. The van der Waals surface area contributed by atoms with Gasteiger partial charge in [0.15, 0.2) is 17.4 Å². The van der Waals surface area contributed by atoms with Crippen LogP contribution < -0.4 is 4.74 Å². The zero-order valence-corrected chi connectivity index (χ0v) is 17.7. The molecule has 0 radical (unpaired) electrons. The number of halogens is 5. The highest BCUT2D eigenvalue weighted by Gasteiger charge is 2.20. The van der Waals surface area contributed by atoms with Gasteiger partial charge in [-0.2, -0.15) is 8.78 Å². The number of rotatable bonds is 4. The maximum absolute atomic E-state index is 14.8. The number of alkyl halides is 2. The van der Waals surface area contributed by atoms with Gasteiger partial charge >= 0.3 is 6.61 Å². The van der Waals surface area contributed by atoms with Crippen molar-refractivity contribution in [1.29, 1.82) is 0 Å². The molecule has 1 fully saturated rings. The molecule has 0 amide bonds. The molecule has 0 aromatic heterocycles. The van der Waals surface area contributed by atoms with Gasteiger partial charge in [-0.05, 0) is 66.8 Å². The van der Waals surface area contributed by atoms with Gasteiger partial charge in [-0.25, -0.2) is 13.2 Å². The van der Waals surface area contributed by atoms with Gasteiger partial charge in [0.1, 0.15) is 5.82 Å². The van der Waals surface area contributed by atoms with Gasteiger partial charge in [0.25, 0.3) is 0 Å². The number of benzene rings is 3. The fraction of sp³-hybridized carbons (Fsp3) is 0.259. The van der Waals surface area contributed by atoms with Crippen LogP contribution in [-0.4, -0.2) is 6.61 Å². The zero-order chi connectivity index (χ0) is 23.5. The van der Waals surface area contributed by atoms with E-state index in [4.69, 9.17) is 0 Å². The standard InChI is InChI=1S/C27H21F5O/c1-2-16-3-5-17(6-4-16)7-8-18-9-11-21(23(28)13-18)19-10-12-22-20(14-19)15-24(29)26(25(22)30)33-27(31)32/h2,9-17,27H,1,3-6H2. The molecule has 0 aliphatic heterocycles. The summed E-state index contributed by atoms with van der Waals surface area (Å²) in [6.45, 7) is 0.480. The summed E-state index contributed by atoms with van der Waals surface area (Å²) in [5.41, 5.74) is 1.18. The quantitative estimate of drug-likeness (QED) is 0.221. The maximum Gasteiger partial charge on any atom is 0.387 e. The van der Waals surface area contributed by atoms with E-state index in [1.165, 1.54) is 24.3 Å². The number of allylic oxidation sites excluding steroid dienone is 1. The van der Waals surface area contributed by atoms with Crippen LogP contribution in [0.25, 0.3) is 21.9 Å². The number of ether oxygens (including phenoxy) is 1. The molecule has 0 spiro atoms. The Morgan fingerprint density at radius 3 is 2.36 bits per heavy atom. The Morgan fingerprint density at radius 2 is 1.70 bits per heavy atom. The van der Waals surface area contributed by atoms with Crippen LogP contribution in [0.2, 0.25) is 0 Å². The highest BCUT2D eigenvalue weighted by molar-refractivity contribution is 5.89. The van der Waals surface area contributed by atoms with Gasteiger partial charge in [-0.3, -0.25) is 0 Å². The summed E-state index contributed by atoms with van der Waals surface area (Å²) in [6.07, 6.45) is 6.12. The number of hydrogen-bond acceptors (Lipinski definition) is 1. The van der Waals surface area contributed by atoms with E-state index in [1.54, 1.807) is 12.1 Å². The van der Waals surface area contributed by atoms with Gasteiger partial charge in [0, 0.05) is 22.4 Å². The number of fused-ring (bicyclic) bond motifs is 1. The normalized spacial score (nSPS) is 18.1. The minimum absolute atomic E-state index is 0.0995. The average molecular weight is 456 g/mol. The lowest BCUT2D eigenvalue weighted by Crippen LogP contribution is -2.11. The second-order valence-electron chi connectivity index (χ2n) is 8.13. The predicted octanol–water partition coefficient (Wildman–Crippen LogP) is 7.87. The van der Waals surface area contributed by atoms with Crippen molar-refractivity contribution in [1.82, 2.24) is 0 Å². The first-order valence-corrected chi connectivity index (χ1v) is 10.7. The third kappa shape index (κ3) is 5.03. The fourth-order valence-electron chi connectivity index (χ4n) is 4.19. The van der Waals surface area contributed by atoms with E-state index in [1.807, 2.05) is 6.08 Å². The van der Waals surface area contributed by atoms with E-state index in [2.05, 4.69) is 23.2 Å². The maximum atomic E-state index is 14.8. The Morgan fingerprint density at radius 1 is 0.939 bits per heavy atom. The van der Waals surface area contributed by atoms with Crippen molar-refractivity contribution in [2.24, 2.45) is 11.8 Å². The van der Waals surface area contributed by atoms with Crippen LogP contribution in [0.15, 0.2) is 55.1 Å². The zero-order valence-electron chi connectivity index (χ0n) is 17.7. The topological polar surface area (TPSA) is 9.23 Å². The molecule has 1 aliphatic carbocycles. The van der Waals surface area contributed by atoms with E-state index in [-0.39, 0.29) is 22.3 Å². The molecule has 0 bridgehead atoms. The molecule has 0 heterocycles. The fourth-order valence-corrected chi connectivity index (χ4v) is 4.19. The molecule has 33 heavy (non-hydrogen) atoms. The van der Waals surface area contributed by atoms with Crippen LogP contribution in [-0.2, 0) is 0 Å². The molecular formula is C27H21F5O. The third-order valence-electron chi connectivity index (χ3n) is 6.00. The van der Waals surface area contributed by atoms with Crippen molar-refractivity contribution in [2.75, 3.05) is 0 Å². The second-order valence-corrected chi connectivity index (χ2v) is 8.13. The summed E-state index contributed by atoms with van der Waals surface area (Å²) < 4.78 is 72.2. The van der Waals surface area contributed by atoms with Crippen LogP contribution in [0.1, 0.15) is 31.2 Å². The van der Waals surface area contributed by atoms with E-state index in [9.17, 15) is 22.0 Å². The Kier molecular flexibility index (Phi) is 6.69.